The third-order valence-corrected chi connectivity index (χ3v) is 3.45. The summed E-state index contributed by atoms with van der Waals surface area (Å²) >= 11 is 5.88. The Labute approximate surface area is 108 Å². The predicted octanol–water partition coefficient (Wildman–Crippen LogP) is 0.120. The quantitative estimate of drug-likeness (QED) is 0.843. The van der Waals surface area contributed by atoms with Crippen molar-refractivity contribution < 1.29 is 14.1 Å². The highest BCUT2D eigenvalue weighted by Crippen LogP contribution is 2.17. The van der Waals surface area contributed by atoms with Gasteiger partial charge in [-0.3, -0.25) is 0 Å². The van der Waals surface area contributed by atoms with Gasteiger partial charge in [0.15, 0.2) is 12.3 Å². The van der Waals surface area contributed by atoms with Gasteiger partial charge in [-0.25, -0.2) is 9.36 Å². The molecule has 5 nitrogen and oxygen atoms in total. The first-order valence-electron chi connectivity index (χ1n) is 5.94. The number of morpholine rings is 1. The predicted molar refractivity (Wildman–Crippen MR) is 67.0 cm³/mol. The lowest BCUT2D eigenvalue weighted by Crippen LogP contribution is -3.13. The maximum absolute atomic E-state index is 11.8. The molecule has 96 valence electrons. The van der Waals surface area contributed by atoms with Gasteiger partial charge in [0.2, 0.25) is 0 Å². The third-order valence-electron chi connectivity index (χ3n) is 3.21. The van der Waals surface area contributed by atoms with Crippen LogP contribution in [0.4, 0.5) is 0 Å². The van der Waals surface area contributed by atoms with Crippen LogP contribution in [0.25, 0.3) is 11.1 Å². The van der Waals surface area contributed by atoms with Gasteiger partial charge < -0.3 is 14.1 Å². The van der Waals surface area contributed by atoms with Crippen molar-refractivity contribution in [2.45, 2.75) is 6.67 Å². The van der Waals surface area contributed by atoms with Crippen molar-refractivity contribution in [1.82, 2.24) is 4.57 Å². The lowest BCUT2D eigenvalue weighted by atomic mass is 10.3. The molecule has 0 bridgehead atoms. The first-order valence-corrected chi connectivity index (χ1v) is 6.32. The maximum atomic E-state index is 11.8. The molecule has 18 heavy (non-hydrogen) atoms. The molecule has 3 rings (SSSR count). The van der Waals surface area contributed by atoms with Crippen LogP contribution in [0.3, 0.4) is 0 Å². The molecule has 0 radical (unpaired) electrons. The summed E-state index contributed by atoms with van der Waals surface area (Å²) in [6, 6.07) is 5.26. The van der Waals surface area contributed by atoms with Gasteiger partial charge >= 0.3 is 5.76 Å². The van der Waals surface area contributed by atoms with Crippen molar-refractivity contribution in [3.05, 3.63) is 33.8 Å². The summed E-state index contributed by atoms with van der Waals surface area (Å²) in [5, 5.41) is 0.571. The Morgan fingerprint density at radius 1 is 1.33 bits per heavy atom. The SMILES string of the molecule is O=c1oc2cc(Cl)ccc2n1C[NH+]1CCOCC1. The Balaban J connectivity index is 1.95. The standard InChI is InChI=1S/C12H13ClN2O3/c13-9-1-2-10-11(7-9)18-12(16)15(10)8-14-3-5-17-6-4-14/h1-2,7H,3-6,8H2/p+1. The Kier molecular flexibility index (Phi) is 3.11. The van der Waals surface area contributed by atoms with Crippen molar-refractivity contribution in [2.24, 2.45) is 0 Å². The van der Waals surface area contributed by atoms with Crippen LogP contribution >= 0.6 is 11.6 Å². The summed E-state index contributed by atoms with van der Waals surface area (Å²) in [5.74, 6) is -0.328. The number of quaternary nitrogens is 1. The molecule has 1 aliphatic rings. The molecule has 0 unspecified atom stereocenters. The van der Waals surface area contributed by atoms with E-state index >= 15 is 0 Å². The van der Waals surface area contributed by atoms with Gasteiger partial charge in [-0.2, -0.15) is 0 Å². The van der Waals surface area contributed by atoms with Crippen LogP contribution in [0.1, 0.15) is 0 Å². The van der Waals surface area contributed by atoms with Crippen LogP contribution in [-0.2, 0) is 11.4 Å². The number of rotatable bonds is 2. The summed E-state index contributed by atoms with van der Waals surface area (Å²) in [6.45, 7) is 3.91. The molecule has 1 saturated heterocycles. The Bertz CT molecular complexity index is 613. The van der Waals surface area contributed by atoms with Crippen LogP contribution in [0.15, 0.2) is 27.4 Å². The summed E-state index contributed by atoms with van der Waals surface area (Å²) in [7, 11) is 0. The highest BCUT2D eigenvalue weighted by molar-refractivity contribution is 6.31. The summed E-state index contributed by atoms with van der Waals surface area (Å²) < 4.78 is 12.2. The molecular formula is C12H14ClN2O3+. The molecule has 0 atom stereocenters. The van der Waals surface area contributed by atoms with Crippen LogP contribution in [0, 0.1) is 0 Å². The normalized spacial score (nSPS) is 17.4. The van der Waals surface area contributed by atoms with E-state index < -0.39 is 0 Å². The van der Waals surface area contributed by atoms with E-state index in [-0.39, 0.29) is 5.76 Å². The molecule has 1 N–H and O–H groups in total. The van der Waals surface area contributed by atoms with Crippen LogP contribution in [0.5, 0.6) is 0 Å². The molecule has 6 heteroatoms. The number of ether oxygens (including phenoxy) is 1. The number of benzene rings is 1. The minimum Gasteiger partial charge on any atom is -0.408 e. The number of halogens is 1. The fourth-order valence-electron chi connectivity index (χ4n) is 2.23. The number of nitrogens with zero attached hydrogens (tertiary/aromatic N) is 1. The minimum absolute atomic E-state index is 0.328. The Morgan fingerprint density at radius 3 is 2.89 bits per heavy atom. The van der Waals surface area contributed by atoms with Gasteiger partial charge in [0.05, 0.1) is 18.7 Å². The van der Waals surface area contributed by atoms with Crippen molar-refractivity contribution in [1.29, 1.82) is 0 Å². The first kappa shape index (κ1) is 11.8. The van der Waals surface area contributed by atoms with E-state index in [9.17, 15) is 4.79 Å². The van der Waals surface area contributed by atoms with Crippen molar-refractivity contribution >= 4 is 22.7 Å². The third kappa shape index (κ3) is 2.16. The minimum atomic E-state index is -0.328. The van der Waals surface area contributed by atoms with Gasteiger partial charge in [-0.1, -0.05) is 11.6 Å². The average molecular weight is 270 g/mol. The van der Waals surface area contributed by atoms with E-state index in [0.717, 1.165) is 31.8 Å². The molecule has 0 saturated carbocycles. The Morgan fingerprint density at radius 2 is 2.11 bits per heavy atom. The van der Waals surface area contributed by atoms with Crippen molar-refractivity contribution in [3.63, 3.8) is 0 Å². The molecule has 0 spiro atoms. The second-order valence-corrected chi connectivity index (χ2v) is 4.86. The van der Waals surface area contributed by atoms with Gasteiger partial charge in [-0.15, -0.1) is 0 Å². The topological polar surface area (TPSA) is 48.8 Å². The number of hydrogen-bond acceptors (Lipinski definition) is 3. The van der Waals surface area contributed by atoms with Crippen molar-refractivity contribution in [2.75, 3.05) is 26.3 Å². The summed E-state index contributed by atoms with van der Waals surface area (Å²) in [5.41, 5.74) is 1.34. The molecule has 2 heterocycles. The number of aromatic nitrogens is 1. The number of nitrogens with one attached hydrogen (secondary N) is 1. The first-order chi connectivity index (χ1) is 8.74. The van der Waals surface area contributed by atoms with Crippen LogP contribution in [-0.4, -0.2) is 30.9 Å². The van der Waals surface area contributed by atoms with E-state index in [1.54, 1.807) is 16.7 Å². The van der Waals surface area contributed by atoms with Crippen LogP contribution < -0.4 is 10.7 Å². The number of hydrogen-bond donors (Lipinski definition) is 1. The highest BCUT2D eigenvalue weighted by atomic mass is 35.5. The lowest BCUT2D eigenvalue weighted by molar-refractivity contribution is -0.930. The van der Waals surface area contributed by atoms with Gasteiger partial charge in [-0.05, 0) is 12.1 Å². The zero-order chi connectivity index (χ0) is 12.5. The monoisotopic (exact) mass is 269 g/mol. The van der Waals surface area contributed by atoms with E-state index in [0.29, 0.717) is 17.3 Å². The van der Waals surface area contributed by atoms with Gasteiger partial charge in [0.25, 0.3) is 0 Å². The van der Waals surface area contributed by atoms with E-state index in [1.807, 2.05) is 6.07 Å². The van der Waals surface area contributed by atoms with Crippen molar-refractivity contribution in [3.8, 4) is 0 Å². The fraction of sp³-hybridized carbons (Fsp3) is 0.417. The second-order valence-electron chi connectivity index (χ2n) is 4.43. The van der Waals surface area contributed by atoms with E-state index in [2.05, 4.69) is 0 Å². The van der Waals surface area contributed by atoms with E-state index in [1.165, 1.54) is 4.90 Å². The molecular weight excluding hydrogens is 256 g/mol. The second kappa shape index (κ2) is 4.76. The smallest absolute Gasteiger partial charge is 0.408 e. The lowest BCUT2D eigenvalue weighted by Gasteiger charge is -2.23. The molecule has 1 aromatic carbocycles. The van der Waals surface area contributed by atoms with Gasteiger partial charge in [0, 0.05) is 11.1 Å². The average Bonchev–Trinajstić information content (AvgIpc) is 2.66. The molecule has 0 aliphatic carbocycles. The largest absolute Gasteiger partial charge is 0.424 e. The van der Waals surface area contributed by atoms with Crippen LogP contribution in [0.2, 0.25) is 5.02 Å². The molecule has 1 aliphatic heterocycles. The fourth-order valence-corrected chi connectivity index (χ4v) is 2.39. The molecule has 2 aromatic rings. The van der Waals surface area contributed by atoms with Gasteiger partial charge in [0.1, 0.15) is 13.1 Å². The zero-order valence-corrected chi connectivity index (χ0v) is 10.6. The Hall–Kier alpha value is -1.30. The number of fused-ring (bicyclic) bond motifs is 1. The summed E-state index contributed by atoms with van der Waals surface area (Å²) in [4.78, 5) is 13.2. The molecule has 1 fully saturated rings. The van der Waals surface area contributed by atoms with E-state index in [4.69, 9.17) is 20.8 Å². The summed E-state index contributed by atoms with van der Waals surface area (Å²) in [6.07, 6.45) is 0. The highest BCUT2D eigenvalue weighted by Gasteiger charge is 2.18. The zero-order valence-electron chi connectivity index (χ0n) is 9.82. The molecule has 1 aromatic heterocycles. The maximum Gasteiger partial charge on any atom is 0.424 e. The molecule has 0 amide bonds. The number of oxazole rings is 1.